The molecule has 2 rings (SSSR count). The highest BCUT2D eigenvalue weighted by atomic mass is 16.5. The van der Waals surface area contributed by atoms with E-state index in [0.29, 0.717) is 6.42 Å². The van der Waals surface area contributed by atoms with Gasteiger partial charge in [0.05, 0.1) is 13.0 Å². The van der Waals surface area contributed by atoms with E-state index in [1.807, 2.05) is 24.3 Å². The van der Waals surface area contributed by atoms with Gasteiger partial charge in [0.25, 0.3) is 0 Å². The molecule has 1 saturated heterocycles. The van der Waals surface area contributed by atoms with E-state index in [1.54, 1.807) is 0 Å². The molecule has 0 amide bonds. The number of ether oxygens (including phenoxy) is 1. The second-order valence-electron chi connectivity index (χ2n) is 5.97. The topological polar surface area (TPSA) is 46.5 Å². The number of hydrogen-bond donors (Lipinski definition) is 1. The van der Waals surface area contributed by atoms with Crippen molar-refractivity contribution in [3.05, 3.63) is 35.4 Å². The third kappa shape index (κ3) is 2.41. The summed E-state index contributed by atoms with van der Waals surface area (Å²) < 4.78 is 4.92. The first-order valence-corrected chi connectivity index (χ1v) is 6.31. The summed E-state index contributed by atoms with van der Waals surface area (Å²) in [6.45, 7) is 6.61. The SMILES string of the molecule is CC(C)(C)c1ccccc1C1(O)CCOC(=O)C1. The van der Waals surface area contributed by atoms with Gasteiger partial charge in [-0.25, -0.2) is 0 Å². The van der Waals surface area contributed by atoms with Crippen LogP contribution in [0, 0.1) is 0 Å². The van der Waals surface area contributed by atoms with Crippen molar-refractivity contribution in [2.75, 3.05) is 6.61 Å². The van der Waals surface area contributed by atoms with Crippen molar-refractivity contribution in [2.24, 2.45) is 0 Å². The fourth-order valence-electron chi connectivity index (χ4n) is 2.48. The second-order valence-corrected chi connectivity index (χ2v) is 5.97. The van der Waals surface area contributed by atoms with Crippen LogP contribution in [-0.4, -0.2) is 17.7 Å². The largest absolute Gasteiger partial charge is 0.465 e. The monoisotopic (exact) mass is 248 g/mol. The van der Waals surface area contributed by atoms with Crippen LogP contribution in [-0.2, 0) is 20.5 Å². The quantitative estimate of drug-likeness (QED) is 0.777. The lowest BCUT2D eigenvalue weighted by Crippen LogP contribution is -2.38. The van der Waals surface area contributed by atoms with Gasteiger partial charge in [-0.1, -0.05) is 45.0 Å². The van der Waals surface area contributed by atoms with Crippen molar-refractivity contribution in [1.82, 2.24) is 0 Å². The number of hydrogen-bond acceptors (Lipinski definition) is 3. The molecule has 98 valence electrons. The van der Waals surface area contributed by atoms with Crippen molar-refractivity contribution < 1.29 is 14.6 Å². The third-order valence-electron chi connectivity index (χ3n) is 3.45. The van der Waals surface area contributed by atoms with E-state index in [1.165, 1.54) is 0 Å². The molecule has 1 aliphatic rings. The summed E-state index contributed by atoms with van der Waals surface area (Å²) in [7, 11) is 0. The highest BCUT2D eigenvalue weighted by Gasteiger charge is 2.39. The Morgan fingerprint density at radius 1 is 1.28 bits per heavy atom. The minimum absolute atomic E-state index is 0.0418. The fourth-order valence-corrected chi connectivity index (χ4v) is 2.48. The Bertz CT molecular complexity index is 459. The lowest BCUT2D eigenvalue weighted by atomic mass is 9.75. The Labute approximate surface area is 108 Å². The second kappa shape index (κ2) is 4.39. The Morgan fingerprint density at radius 3 is 2.56 bits per heavy atom. The molecule has 0 saturated carbocycles. The molecule has 0 radical (unpaired) electrons. The number of benzene rings is 1. The number of rotatable bonds is 1. The molecule has 1 aliphatic heterocycles. The molecule has 3 nitrogen and oxygen atoms in total. The number of carbonyl (C=O) groups excluding carboxylic acids is 1. The highest BCUT2D eigenvalue weighted by Crippen LogP contribution is 2.38. The summed E-state index contributed by atoms with van der Waals surface area (Å²) in [5.41, 5.74) is 0.795. The molecule has 1 heterocycles. The fraction of sp³-hybridized carbons (Fsp3) is 0.533. The van der Waals surface area contributed by atoms with Gasteiger partial charge in [-0.3, -0.25) is 4.79 Å². The Kier molecular flexibility index (Phi) is 3.20. The molecule has 1 atom stereocenters. The molecular weight excluding hydrogens is 228 g/mol. The molecule has 1 aromatic rings. The van der Waals surface area contributed by atoms with Crippen LogP contribution in [0.25, 0.3) is 0 Å². The van der Waals surface area contributed by atoms with E-state index >= 15 is 0 Å². The third-order valence-corrected chi connectivity index (χ3v) is 3.45. The summed E-state index contributed by atoms with van der Waals surface area (Å²) in [4.78, 5) is 11.4. The van der Waals surface area contributed by atoms with Crippen molar-refractivity contribution in [3.8, 4) is 0 Å². The first-order valence-electron chi connectivity index (χ1n) is 6.31. The minimum Gasteiger partial charge on any atom is -0.465 e. The molecular formula is C15H20O3. The van der Waals surface area contributed by atoms with Crippen LogP contribution >= 0.6 is 0 Å². The minimum atomic E-state index is -1.08. The molecule has 3 heteroatoms. The Hall–Kier alpha value is -1.35. The highest BCUT2D eigenvalue weighted by molar-refractivity contribution is 5.72. The lowest BCUT2D eigenvalue weighted by molar-refractivity contribution is -0.160. The summed E-state index contributed by atoms with van der Waals surface area (Å²) in [5, 5.41) is 10.8. The normalized spacial score (nSPS) is 24.8. The molecule has 0 spiro atoms. The van der Waals surface area contributed by atoms with Gasteiger partial charge in [-0.15, -0.1) is 0 Å². The zero-order chi connectivity index (χ0) is 13.4. The van der Waals surface area contributed by atoms with Crippen LogP contribution in [0.3, 0.4) is 0 Å². The first-order chi connectivity index (χ1) is 8.33. The van der Waals surface area contributed by atoms with Gasteiger partial charge in [-0.05, 0) is 16.5 Å². The number of aliphatic hydroxyl groups is 1. The Morgan fingerprint density at radius 2 is 1.94 bits per heavy atom. The number of carbonyl (C=O) groups is 1. The zero-order valence-electron chi connectivity index (χ0n) is 11.2. The smallest absolute Gasteiger partial charge is 0.309 e. The van der Waals surface area contributed by atoms with Crippen LogP contribution in [0.4, 0.5) is 0 Å². The molecule has 1 fully saturated rings. The molecule has 0 aromatic heterocycles. The maximum absolute atomic E-state index is 11.4. The molecule has 1 aromatic carbocycles. The van der Waals surface area contributed by atoms with Crippen LogP contribution in [0.15, 0.2) is 24.3 Å². The lowest BCUT2D eigenvalue weighted by Gasteiger charge is -2.35. The average molecular weight is 248 g/mol. The molecule has 0 aliphatic carbocycles. The van der Waals surface area contributed by atoms with E-state index in [-0.39, 0.29) is 24.4 Å². The van der Waals surface area contributed by atoms with Crippen molar-refractivity contribution in [2.45, 2.75) is 44.6 Å². The van der Waals surface area contributed by atoms with Crippen molar-refractivity contribution in [1.29, 1.82) is 0 Å². The van der Waals surface area contributed by atoms with E-state index in [4.69, 9.17) is 4.74 Å². The summed E-state index contributed by atoms with van der Waals surface area (Å²) >= 11 is 0. The molecule has 18 heavy (non-hydrogen) atoms. The van der Waals surface area contributed by atoms with Gasteiger partial charge in [0.15, 0.2) is 0 Å². The average Bonchev–Trinajstić information content (AvgIpc) is 2.27. The maximum Gasteiger partial charge on any atom is 0.309 e. The van der Waals surface area contributed by atoms with Gasteiger partial charge < -0.3 is 9.84 Å². The summed E-state index contributed by atoms with van der Waals surface area (Å²) in [6, 6.07) is 7.81. The van der Waals surface area contributed by atoms with E-state index in [2.05, 4.69) is 20.8 Å². The predicted octanol–water partition coefficient (Wildman–Crippen LogP) is 2.51. The predicted molar refractivity (Wildman–Crippen MR) is 69.2 cm³/mol. The standard InChI is InChI=1S/C15H20O3/c1-14(2,3)11-6-4-5-7-12(11)15(17)8-9-18-13(16)10-15/h4-7,17H,8-10H2,1-3H3. The van der Waals surface area contributed by atoms with Crippen LogP contribution < -0.4 is 0 Å². The number of esters is 1. The van der Waals surface area contributed by atoms with Gasteiger partial charge in [0, 0.05) is 6.42 Å². The summed E-state index contributed by atoms with van der Waals surface area (Å²) in [5.74, 6) is -0.326. The van der Waals surface area contributed by atoms with Crippen LogP contribution in [0.2, 0.25) is 0 Å². The van der Waals surface area contributed by atoms with Gasteiger partial charge >= 0.3 is 5.97 Å². The number of cyclic esters (lactones) is 1. The van der Waals surface area contributed by atoms with E-state index in [0.717, 1.165) is 11.1 Å². The van der Waals surface area contributed by atoms with Crippen LogP contribution in [0.1, 0.15) is 44.7 Å². The Balaban J connectivity index is 2.47. The van der Waals surface area contributed by atoms with E-state index < -0.39 is 5.60 Å². The molecule has 1 N–H and O–H groups in total. The van der Waals surface area contributed by atoms with Gasteiger partial charge in [0.2, 0.25) is 0 Å². The van der Waals surface area contributed by atoms with Gasteiger partial charge in [-0.2, -0.15) is 0 Å². The zero-order valence-corrected chi connectivity index (χ0v) is 11.2. The van der Waals surface area contributed by atoms with Crippen LogP contribution in [0.5, 0.6) is 0 Å². The summed E-state index contributed by atoms with van der Waals surface area (Å²) in [6.07, 6.45) is 0.506. The molecule has 0 bridgehead atoms. The first kappa shape index (κ1) is 13.1. The maximum atomic E-state index is 11.4. The van der Waals surface area contributed by atoms with Crippen molar-refractivity contribution in [3.63, 3.8) is 0 Å². The molecule has 1 unspecified atom stereocenters. The van der Waals surface area contributed by atoms with E-state index in [9.17, 15) is 9.90 Å². The van der Waals surface area contributed by atoms with Crippen molar-refractivity contribution >= 4 is 5.97 Å². The van der Waals surface area contributed by atoms with Gasteiger partial charge in [0.1, 0.15) is 5.60 Å².